The molecule has 0 saturated heterocycles. The van der Waals surface area contributed by atoms with Crippen molar-refractivity contribution in [1.29, 1.82) is 0 Å². The summed E-state index contributed by atoms with van der Waals surface area (Å²) in [6.07, 6.45) is 5.15. The standard InChI is InChI=1S/C28H24/c1-22-11-13-24(14-12-22)17-19-27-20-18-25(16-15-23-7-3-2-4-8-23)21-28(27)26-9-5-6-10-26/h2-4,7-8,11-14,18,20-21,26H,5-6,9-10H2,1H3. The van der Waals surface area contributed by atoms with Gasteiger partial charge >= 0.3 is 0 Å². The summed E-state index contributed by atoms with van der Waals surface area (Å²) in [5.41, 5.74) is 6.98. The fourth-order valence-corrected chi connectivity index (χ4v) is 3.77. The molecule has 1 aliphatic carbocycles. The molecular formula is C28H24. The Labute approximate surface area is 168 Å². The maximum Gasteiger partial charge on any atom is 0.0284 e. The van der Waals surface area contributed by atoms with Crippen LogP contribution in [0.1, 0.15) is 65.0 Å². The fourth-order valence-electron chi connectivity index (χ4n) is 3.77. The molecule has 1 fully saturated rings. The molecular weight excluding hydrogens is 336 g/mol. The van der Waals surface area contributed by atoms with Gasteiger partial charge in [-0.05, 0) is 73.7 Å². The van der Waals surface area contributed by atoms with Crippen LogP contribution in [0.3, 0.4) is 0 Å². The van der Waals surface area contributed by atoms with Gasteiger partial charge < -0.3 is 0 Å². The minimum absolute atomic E-state index is 0.612. The summed E-state index contributed by atoms with van der Waals surface area (Å²) >= 11 is 0. The SMILES string of the molecule is Cc1ccc(C#Cc2ccc(C#Cc3ccccc3)cc2C2CCCC2)cc1. The van der Waals surface area contributed by atoms with Gasteiger partial charge in [0.05, 0.1) is 0 Å². The topological polar surface area (TPSA) is 0 Å². The Balaban J connectivity index is 1.67. The molecule has 0 radical (unpaired) electrons. The zero-order chi connectivity index (χ0) is 19.2. The minimum Gasteiger partial charge on any atom is -0.0622 e. The first-order valence-electron chi connectivity index (χ1n) is 10.1. The first kappa shape index (κ1) is 18.2. The highest BCUT2D eigenvalue weighted by Gasteiger charge is 2.19. The lowest BCUT2D eigenvalue weighted by atomic mass is 9.91. The van der Waals surface area contributed by atoms with E-state index >= 15 is 0 Å². The van der Waals surface area contributed by atoms with Crippen LogP contribution < -0.4 is 0 Å². The van der Waals surface area contributed by atoms with Gasteiger partial charge in [-0.15, -0.1) is 0 Å². The summed E-state index contributed by atoms with van der Waals surface area (Å²) in [5.74, 6) is 14.0. The first-order chi connectivity index (χ1) is 13.8. The predicted molar refractivity (Wildman–Crippen MR) is 117 cm³/mol. The smallest absolute Gasteiger partial charge is 0.0284 e. The van der Waals surface area contributed by atoms with E-state index in [0.29, 0.717) is 5.92 Å². The fraction of sp³-hybridized carbons (Fsp3) is 0.214. The van der Waals surface area contributed by atoms with Gasteiger partial charge in [-0.2, -0.15) is 0 Å². The third-order valence-electron chi connectivity index (χ3n) is 5.36. The van der Waals surface area contributed by atoms with E-state index in [1.807, 2.05) is 30.3 Å². The van der Waals surface area contributed by atoms with E-state index in [4.69, 9.17) is 0 Å². The summed E-state index contributed by atoms with van der Waals surface area (Å²) in [6.45, 7) is 2.10. The Morgan fingerprint density at radius 2 is 1.25 bits per heavy atom. The summed E-state index contributed by atoms with van der Waals surface area (Å²) < 4.78 is 0. The monoisotopic (exact) mass is 360 g/mol. The van der Waals surface area contributed by atoms with Crippen LogP contribution in [0, 0.1) is 30.6 Å². The van der Waals surface area contributed by atoms with E-state index < -0.39 is 0 Å². The second-order valence-corrected chi connectivity index (χ2v) is 7.52. The molecule has 0 atom stereocenters. The normalized spacial score (nSPS) is 13.3. The summed E-state index contributed by atoms with van der Waals surface area (Å²) in [4.78, 5) is 0. The highest BCUT2D eigenvalue weighted by atomic mass is 14.2. The van der Waals surface area contributed by atoms with Crippen LogP contribution in [0.4, 0.5) is 0 Å². The Bertz CT molecular complexity index is 1060. The van der Waals surface area contributed by atoms with Crippen LogP contribution in [0.25, 0.3) is 0 Å². The van der Waals surface area contributed by atoms with Crippen LogP contribution in [-0.4, -0.2) is 0 Å². The molecule has 0 amide bonds. The van der Waals surface area contributed by atoms with Crippen molar-refractivity contribution >= 4 is 0 Å². The molecule has 28 heavy (non-hydrogen) atoms. The molecule has 0 nitrogen and oxygen atoms in total. The second kappa shape index (κ2) is 8.65. The van der Waals surface area contributed by atoms with Crippen LogP contribution >= 0.6 is 0 Å². The van der Waals surface area contributed by atoms with Gasteiger partial charge in [-0.25, -0.2) is 0 Å². The molecule has 0 heterocycles. The predicted octanol–water partition coefficient (Wildman–Crippen LogP) is 6.45. The van der Waals surface area contributed by atoms with Crippen molar-refractivity contribution in [2.75, 3.05) is 0 Å². The Hall–Kier alpha value is -3.22. The summed E-state index contributed by atoms with van der Waals surface area (Å²) in [7, 11) is 0. The van der Waals surface area contributed by atoms with E-state index in [-0.39, 0.29) is 0 Å². The van der Waals surface area contributed by atoms with Gasteiger partial charge in [0, 0.05) is 22.3 Å². The lowest BCUT2D eigenvalue weighted by Gasteiger charge is -2.12. The number of rotatable bonds is 1. The van der Waals surface area contributed by atoms with Gasteiger partial charge in [-0.3, -0.25) is 0 Å². The van der Waals surface area contributed by atoms with Crippen molar-refractivity contribution in [2.24, 2.45) is 0 Å². The zero-order valence-electron chi connectivity index (χ0n) is 16.3. The van der Waals surface area contributed by atoms with Crippen LogP contribution in [-0.2, 0) is 0 Å². The van der Waals surface area contributed by atoms with Crippen molar-refractivity contribution < 1.29 is 0 Å². The highest BCUT2D eigenvalue weighted by molar-refractivity contribution is 5.53. The molecule has 0 heteroatoms. The summed E-state index contributed by atoms with van der Waals surface area (Å²) in [5, 5.41) is 0. The third-order valence-corrected chi connectivity index (χ3v) is 5.36. The van der Waals surface area contributed by atoms with Crippen molar-refractivity contribution in [3.05, 3.63) is 106 Å². The Morgan fingerprint density at radius 1 is 0.643 bits per heavy atom. The molecule has 3 aromatic carbocycles. The molecule has 3 aromatic rings. The molecule has 0 aromatic heterocycles. The maximum atomic E-state index is 3.43. The average Bonchev–Trinajstić information content (AvgIpc) is 3.28. The molecule has 136 valence electrons. The molecule has 0 unspecified atom stereocenters. The van der Waals surface area contributed by atoms with E-state index in [2.05, 4.69) is 73.1 Å². The first-order valence-corrected chi connectivity index (χ1v) is 10.1. The lowest BCUT2D eigenvalue weighted by Crippen LogP contribution is -1.97. The quantitative estimate of drug-likeness (QED) is 0.437. The van der Waals surface area contributed by atoms with Crippen molar-refractivity contribution in [3.8, 4) is 23.7 Å². The average molecular weight is 361 g/mol. The van der Waals surface area contributed by atoms with Crippen LogP contribution in [0.5, 0.6) is 0 Å². The van der Waals surface area contributed by atoms with Crippen LogP contribution in [0.15, 0.2) is 72.8 Å². The van der Waals surface area contributed by atoms with Gasteiger partial charge in [0.2, 0.25) is 0 Å². The van der Waals surface area contributed by atoms with Crippen molar-refractivity contribution in [1.82, 2.24) is 0 Å². The molecule has 0 N–H and O–H groups in total. The number of hydrogen-bond acceptors (Lipinski definition) is 0. The van der Waals surface area contributed by atoms with E-state index in [1.165, 1.54) is 36.8 Å². The third kappa shape index (κ3) is 4.54. The largest absolute Gasteiger partial charge is 0.0622 e. The molecule has 1 saturated carbocycles. The van der Waals surface area contributed by atoms with E-state index in [0.717, 1.165) is 22.3 Å². The second-order valence-electron chi connectivity index (χ2n) is 7.52. The number of benzene rings is 3. The molecule has 0 spiro atoms. The lowest BCUT2D eigenvalue weighted by molar-refractivity contribution is 0.721. The van der Waals surface area contributed by atoms with Crippen molar-refractivity contribution in [2.45, 2.75) is 38.5 Å². The Morgan fingerprint density at radius 3 is 2.00 bits per heavy atom. The van der Waals surface area contributed by atoms with Gasteiger partial charge in [0.25, 0.3) is 0 Å². The Kier molecular flexibility index (Phi) is 5.61. The van der Waals surface area contributed by atoms with Gasteiger partial charge in [-0.1, -0.05) is 72.4 Å². The summed E-state index contributed by atoms with van der Waals surface area (Å²) in [6, 6.07) is 25.1. The molecule has 0 aliphatic heterocycles. The number of hydrogen-bond donors (Lipinski definition) is 0. The van der Waals surface area contributed by atoms with Gasteiger partial charge in [0.15, 0.2) is 0 Å². The van der Waals surface area contributed by atoms with Crippen LogP contribution in [0.2, 0.25) is 0 Å². The van der Waals surface area contributed by atoms with Gasteiger partial charge in [0.1, 0.15) is 0 Å². The molecule has 1 aliphatic rings. The van der Waals surface area contributed by atoms with E-state index in [9.17, 15) is 0 Å². The van der Waals surface area contributed by atoms with Crippen molar-refractivity contribution in [3.63, 3.8) is 0 Å². The molecule has 4 rings (SSSR count). The molecule has 0 bridgehead atoms. The zero-order valence-corrected chi connectivity index (χ0v) is 16.3. The van der Waals surface area contributed by atoms with E-state index in [1.54, 1.807) is 0 Å². The highest BCUT2D eigenvalue weighted by Crippen LogP contribution is 2.36. The minimum atomic E-state index is 0.612. The maximum absolute atomic E-state index is 3.43. The number of aryl methyl sites for hydroxylation is 1.